The number of carbonyl (C=O) groups excluding carboxylic acids is 1. The lowest BCUT2D eigenvalue weighted by Crippen LogP contribution is -2.45. The Kier molecular flexibility index (Phi) is 7.96. The lowest BCUT2D eigenvalue weighted by molar-refractivity contribution is -0.135. The van der Waals surface area contributed by atoms with Crippen LogP contribution in [-0.2, 0) is 11.2 Å². The van der Waals surface area contributed by atoms with Crippen molar-refractivity contribution in [2.45, 2.75) is 69.6 Å². The van der Waals surface area contributed by atoms with Crippen LogP contribution in [0.1, 0.15) is 66.7 Å². The minimum atomic E-state index is -0.476. The molecule has 11 heteroatoms. The SMILES string of the molecule is Cc1nc2c(F)c(-c3cccc(Cl)c3Cl)c(CCC#N)cc2c2c1cc(C1C3CC(CN(c4cccc(C#N)c4)C3)N1C(=O)C1CC1)n2C1C2CNC1C2. The molecule has 6 aliphatic rings. The molecule has 6 fully saturated rings. The third kappa shape index (κ3) is 5.09. The van der Waals surface area contributed by atoms with Crippen molar-refractivity contribution in [3.05, 3.63) is 93.0 Å². The number of piperidine rings is 1. The Morgan fingerprint density at radius 2 is 1.87 bits per heavy atom. The normalized spacial score (nSPS) is 25.6. The summed E-state index contributed by atoms with van der Waals surface area (Å²) >= 11 is 13.2. The summed E-state index contributed by atoms with van der Waals surface area (Å²) in [5, 5.41) is 25.3. The number of pyridine rings is 1. The van der Waals surface area contributed by atoms with Crippen molar-refractivity contribution in [2.75, 3.05) is 24.5 Å². The van der Waals surface area contributed by atoms with Gasteiger partial charge in [0.2, 0.25) is 5.91 Å². The Hall–Kier alpha value is -4.67. The molecule has 6 heterocycles. The standard InChI is InChI=1S/C43H38Cl2FN7O/c1-22-31-17-35(41-27-14-29(52(41)43(54)24-10-11-24)21-51(20-27)28-7-2-5-23(13-28)18-48)53(40-26-16-34(40)49-19-26)42(31)32-15-25(6-4-12-47)36(38(46)39(32)50-22)30-8-3-9-33(44)37(30)45/h2-3,5,7-9,13,15,17,24,26-27,29,34,40-41,49H,4,6,10-11,14,16,19-21H2,1H3. The fourth-order valence-electron chi connectivity index (χ4n) is 10.3. The molecular formula is C43H38Cl2FN7O. The largest absolute Gasteiger partial charge is 0.369 e. The van der Waals surface area contributed by atoms with Crippen molar-refractivity contribution in [1.29, 1.82) is 10.5 Å². The summed E-state index contributed by atoms with van der Waals surface area (Å²) in [6.45, 7) is 4.34. The van der Waals surface area contributed by atoms with E-state index in [0.717, 1.165) is 66.8 Å². The molecule has 0 spiro atoms. The second kappa shape index (κ2) is 12.7. The maximum Gasteiger partial charge on any atom is 0.226 e. The predicted molar refractivity (Wildman–Crippen MR) is 208 cm³/mol. The number of rotatable bonds is 7. The van der Waals surface area contributed by atoms with E-state index in [4.69, 9.17) is 28.2 Å². The first-order chi connectivity index (χ1) is 26.2. The number of hydrogen-bond donors (Lipinski definition) is 1. The summed E-state index contributed by atoms with van der Waals surface area (Å²) in [7, 11) is 0. The number of aryl methyl sites for hydroxylation is 2. The van der Waals surface area contributed by atoms with E-state index in [1.165, 1.54) is 0 Å². The van der Waals surface area contributed by atoms with Gasteiger partial charge in [-0.3, -0.25) is 4.79 Å². The van der Waals surface area contributed by atoms with E-state index in [9.17, 15) is 15.3 Å². The quantitative estimate of drug-likeness (QED) is 0.178. The number of aromatic nitrogens is 2. The van der Waals surface area contributed by atoms with E-state index in [-0.39, 0.29) is 58.9 Å². The van der Waals surface area contributed by atoms with Gasteiger partial charge in [0.05, 0.1) is 51.4 Å². The van der Waals surface area contributed by atoms with Crippen LogP contribution < -0.4 is 10.2 Å². The van der Waals surface area contributed by atoms with Crippen molar-refractivity contribution < 1.29 is 9.18 Å². The highest BCUT2D eigenvalue weighted by Crippen LogP contribution is 2.54. The summed E-state index contributed by atoms with van der Waals surface area (Å²) in [4.78, 5) is 24.0. The summed E-state index contributed by atoms with van der Waals surface area (Å²) in [6.07, 6.45) is 4.37. The summed E-state index contributed by atoms with van der Waals surface area (Å²) in [5.41, 5.74) is 6.13. The van der Waals surface area contributed by atoms with Crippen LogP contribution in [0.25, 0.3) is 32.9 Å². The first-order valence-electron chi connectivity index (χ1n) is 19.0. The van der Waals surface area contributed by atoms with Crippen LogP contribution in [0.5, 0.6) is 0 Å². The zero-order valence-electron chi connectivity index (χ0n) is 29.8. The van der Waals surface area contributed by atoms with Crippen LogP contribution in [0.2, 0.25) is 10.0 Å². The van der Waals surface area contributed by atoms with Gasteiger partial charge in [0.15, 0.2) is 5.82 Å². The van der Waals surface area contributed by atoms with Crippen molar-refractivity contribution in [2.24, 2.45) is 17.8 Å². The Balaban J connectivity index is 1.21. The minimum Gasteiger partial charge on any atom is -0.369 e. The van der Waals surface area contributed by atoms with Gasteiger partial charge < -0.3 is 19.7 Å². The molecule has 8 nitrogen and oxygen atoms in total. The molecule has 2 aromatic heterocycles. The number of amides is 1. The highest BCUT2D eigenvalue weighted by Gasteiger charge is 2.55. The monoisotopic (exact) mass is 757 g/mol. The van der Waals surface area contributed by atoms with Gasteiger partial charge >= 0.3 is 0 Å². The Morgan fingerprint density at radius 1 is 1.04 bits per heavy atom. The molecule has 272 valence electrons. The number of halogens is 3. The van der Waals surface area contributed by atoms with E-state index >= 15 is 4.39 Å². The van der Waals surface area contributed by atoms with Gasteiger partial charge in [0, 0.05) is 82.9 Å². The number of hydrogen-bond acceptors (Lipinski definition) is 6. The maximum atomic E-state index is 17.3. The molecule has 11 rings (SSSR count). The number of likely N-dealkylation sites (tertiary alicyclic amines) is 1. The molecule has 6 unspecified atom stereocenters. The fraction of sp³-hybridized carbons (Fsp3) is 0.395. The van der Waals surface area contributed by atoms with E-state index in [1.807, 2.05) is 31.2 Å². The van der Waals surface area contributed by atoms with Crippen LogP contribution in [0.3, 0.4) is 0 Å². The van der Waals surface area contributed by atoms with Gasteiger partial charge in [-0.15, -0.1) is 0 Å². The van der Waals surface area contributed by atoms with Gasteiger partial charge in [-0.25, -0.2) is 9.37 Å². The lowest BCUT2D eigenvalue weighted by Gasteiger charge is -2.40. The van der Waals surface area contributed by atoms with Crippen LogP contribution >= 0.6 is 23.2 Å². The molecule has 5 aromatic rings. The minimum absolute atomic E-state index is 0.0336. The van der Waals surface area contributed by atoms with Gasteiger partial charge in [-0.2, -0.15) is 10.5 Å². The molecule has 0 radical (unpaired) electrons. The smallest absolute Gasteiger partial charge is 0.226 e. The number of benzene rings is 3. The average Bonchev–Trinajstić information content (AvgIpc) is 3.46. The van der Waals surface area contributed by atoms with Crippen molar-refractivity contribution in [3.8, 4) is 23.3 Å². The topological polar surface area (TPSA) is 101 Å². The zero-order chi connectivity index (χ0) is 37.0. The number of nitriles is 2. The molecule has 4 bridgehead atoms. The van der Waals surface area contributed by atoms with Crippen LogP contribution in [-0.4, -0.2) is 52.1 Å². The molecule has 4 saturated heterocycles. The molecule has 1 amide bonds. The second-order valence-electron chi connectivity index (χ2n) is 16.0. The second-order valence-corrected chi connectivity index (χ2v) is 16.7. The summed E-state index contributed by atoms with van der Waals surface area (Å²) < 4.78 is 19.8. The average molecular weight is 759 g/mol. The van der Waals surface area contributed by atoms with E-state index in [2.05, 4.69) is 44.0 Å². The lowest BCUT2D eigenvalue weighted by atomic mass is 9.79. The van der Waals surface area contributed by atoms with Gasteiger partial charge in [0.1, 0.15) is 5.52 Å². The molecule has 2 saturated carbocycles. The molecule has 6 atom stereocenters. The fourth-order valence-corrected chi connectivity index (χ4v) is 10.7. The van der Waals surface area contributed by atoms with E-state index in [1.54, 1.807) is 18.2 Å². The Labute approximate surface area is 323 Å². The molecule has 54 heavy (non-hydrogen) atoms. The number of nitrogens with zero attached hydrogens (tertiary/aromatic N) is 6. The van der Waals surface area contributed by atoms with Crippen molar-refractivity contribution in [1.82, 2.24) is 19.8 Å². The zero-order valence-corrected chi connectivity index (χ0v) is 31.3. The van der Waals surface area contributed by atoms with E-state index < -0.39 is 5.82 Å². The number of fused-ring (bicyclic) bond motifs is 6. The van der Waals surface area contributed by atoms with Crippen molar-refractivity contribution in [3.63, 3.8) is 0 Å². The van der Waals surface area contributed by atoms with Gasteiger partial charge in [-0.1, -0.05) is 41.4 Å². The van der Waals surface area contributed by atoms with Gasteiger partial charge in [0.25, 0.3) is 0 Å². The molecule has 2 aliphatic carbocycles. The molecule has 3 aromatic carbocycles. The predicted octanol–water partition coefficient (Wildman–Crippen LogP) is 8.66. The number of nitrogens with one attached hydrogen (secondary N) is 1. The first-order valence-corrected chi connectivity index (χ1v) is 19.8. The van der Waals surface area contributed by atoms with Crippen LogP contribution in [0, 0.1) is 53.2 Å². The number of anilines is 1. The highest BCUT2D eigenvalue weighted by atomic mass is 35.5. The van der Waals surface area contributed by atoms with E-state index in [0.29, 0.717) is 51.5 Å². The highest BCUT2D eigenvalue weighted by molar-refractivity contribution is 6.43. The van der Waals surface area contributed by atoms with Crippen LogP contribution in [0.4, 0.5) is 10.1 Å². The third-order valence-electron chi connectivity index (χ3n) is 12.9. The molecular weight excluding hydrogens is 720 g/mol. The molecule has 4 aliphatic heterocycles. The maximum absolute atomic E-state index is 17.3. The number of carbonyl (C=O) groups is 1. The van der Waals surface area contributed by atoms with Gasteiger partial charge in [-0.05, 0) is 86.9 Å². The first kappa shape index (κ1) is 33.9. The van der Waals surface area contributed by atoms with Crippen LogP contribution in [0.15, 0.2) is 54.6 Å². The molecule has 1 N–H and O–H groups in total. The Bertz CT molecular complexity index is 2480. The Morgan fingerprint density at radius 3 is 2.61 bits per heavy atom. The summed E-state index contributed by atoms with van der Waals surface area (Å²) in [6, 6.07) is 22.1. The summed E-state index contributed by atoms with van der Waals surface area (Å²) in [5.74, 6) is 0.388. The third-order valence-corrected chi connectivity index (χ3v) is 13.7. The van der Waals surface area contributed by atoms with Crippen molar-refractivity contribution >= 4 is 56.6 Å².